The van der Waals surface area contributed by atoms with Crippen LogP contribution in [0.15, 0.2) is 48.9 Å². The summed E-state index contributed by atoms with van der Waals surface area (Å²) in [5.74, 6) is 0. The van der Waals surface area contributed by atoms with Gasteiger partial charge in [-0.3, -0.25) is 4.40 Å². The molecule has 1 aromatic carbocycles. The predicted molar refractivity (Wildman–Crippen MR) is 65.8 cm³/mol. The fourth-order valence-corrected chi connectivity index (χ4v) is 2.18. The van der Waals surface area contributed by atoms with Gasteiger partial charge in [-0.2, -0.15) is 0 Å². The topological polar surface area (TPSA) is 43.1 Å². The van der Waals surface area contributed by atoms with Gasteiger partial charge in [0.15, 0.2) is 0 Å². The van der Waals surface area contributed by atoms with Crippen LogP contribution in [0.1, 0.15) is 0 Å². The molecule has 4 nitrogen and oxygen atoms in total. The highest BCUT2D eigenvalue weighted by atomic mass is 15.1. The van der Waals surface area contributed by atoms with Crippen molar-refractivity contribution in [3.63, 3.8) is 0 Å². The van der Waals surface area contributed by atoms with E-state index in [1.807, 2.05) is 36.5 Å². The van der Waals surface area contributed by atoms with E-state index in [1.165, 1.54) is 0 Å². The average Bonchev–Trinajstić information content (AvgIpc) is 2.77. The Bertz CT molecular complexity index is 842. The number of fused-ring (bicyclic) bond motifs is 5. The molecular formula is C13H8N4. The van der Waals surface area contributed by atoms with Gasteiger partial charge in [0.2, 0.25) is 0 Å². The quantitative estimate of drug-likeness (QED) is 0.457. The summed E-state index contributed by atoms with van der Waals surface area (Å²) in [4.78, 5) is 13.0. The maximum atomic E-state index is 4.57. The maximum absolute atomic E-state index is 4.57. The molecule has 0 N–H and O–H groups in total. The highest BCUT2D eigenvalue weighted by molar-refractivity contribution is 5.88. The molecule has 0 bridgehead atoms. The van der Waals surface area contributed by atoms with Gasteiger partial charge in [0.25, 0.3) is 0 Å². The van der Waals surface area contributed by atoms with Crippen LogP contribution in [0.4, 0.5) is 0 Å². The molecule has 0 aliphatic rings. The minimum Gasteiger partial charge on any atom is -0.276 e. The third-order valence-corrected chi connectivity index (χ3v) is 2.93. The Kier molecular flexibility index (Phi) is 1.53. The number of rotatable bonds is 0. The van der Waals surface area contributed by atoms with Crippen molar-refractivity contribution in [2.24, 2.45) is 0 Å². The van der Waals surface area contributed by atoms with E-state index in [0.717, 1.165) is 27.7 Å². The van der Waals surface area contributed by atoms with E-state index in [1.54, 1.807) is 6.33 Å². The standard InChI is InChI=1S/C13H8N4/c1-2-4-11-10(3-1)16-12-6-5-9-7-14-8-15-13(9)17(11)12/h1-8H. The molecule has 0 aliphatic heterocycles. The largest absolute Gasteiger partial charge is 0.276 e. The highest BCUT2D eigenvalue weighted by Gasteiger charge is 2.07. The minimum atomic E-state index is 0.895. The van der Waals surface area contributed by atoms with Crippen molar-refractivity contribution in [2.45, 2.75) is 0 Å². The maximum Gasteiger partial charge on any atom is 0.149 e. The zero-order valence-electron chi connectivity index (χ0n) is 8.91. The van der Waals surface area contributed by atoms with Crippen LogP contribution in [0, 0.1) is 0 Å². The molecule has 0 amide bonds. The van der Waals surface area contributed by atoms with Gasteiger partial charge in [-0.05, 0) is 24.3 Å². The van der Waals surface area contributed by atoms with Crippen LogP contribution in [0.5, 0.6) is 0 Å². The fourth-order valence-electron chi connectivity index (χ4n) is 2.18. The number of nitrogens with zero attached hydrogens (tertiary/aromatic N) is 4. The van der Waals surface area contributed by atoms with Crippen molar-refractivity contribution < 1.29 is 0 Å². The van der Waals surface area contributed by atoms with Gasteiger partial charge in [0.1, 0.15) is 17.6 Å². The van der Waals surface area contributed by atoms with E-state index >= 15 is 0 Å². The van der Waals surface area contributed by atoms with Crippen LogP contribution < -0.4 is 0 Å². The third kappa shape index (κ3) is 1.09. The van der Waals surface area contributed by atoms with Gasteiger partial charge in [-0.15, -0.1) is 0 Å². The highest BCUT2D eigenvalue weighted by Crippen LogP contribution is 2.20. The lowest BCUT2D eigenvalue weighted by Gasteiger charge is -2.00. The van der Waals surface area contributed by atoms with E-state index in [9.17, 15) is 0 Å². The van der Waals surface area contributed by atoms with Crippen molar-refractivity contribution in [1.82, 2.24) is 19.4 Å². The molecule has 4 rings (SSSR count). The number of hydrogen-bond acceptors (Lipinski definition) is 3. The van der Waals surface area contributed by atoms with Crippen LogP contribution in [-0.2, 0) is 0 Å². The number of aromatic nitrogens is 4. The van der Waals surface area contributed by atoms with E-state index in [4.69, 9.17) is 0 Å². The summed E-state index contributed by atoms with van der Waals surface area (Å²) in [6, 6.07) is 12.1. The molecule has 0 fully saturated rings. The number of benzene rings is 1. The molecule has 0 saturated heterocycles. The molecule has 4 aromatic rings. The van der Waals surface area contributed by atoms with E-state index in [2.05, 4.69) is 25.4 Å². The SMILES string of the molecule is c1ccc2c(c1)nc1ccc3cncnc3n12. The average molecular weight is 220 g/mol. The molecule has 0 saturated carbocycles. The molecule has 80 valence electrons. The van der Waals surface area contributed by atoms with Crippen LogP contribution in [0.25, 0.3) is 27.7 Å². The zero-order valence-corrected chi connectivity index (χ0v) is 8.91. The smallest absolute Gasteiger partial charge is 0.149 e. The van der Waals surface area contributed by atoms with Crippen molar-refractivity contribution >= 4 is 27.7 Å². The first-order chi connectivity index (χ1) is 8.43. The monoisotopic (exact) mass is 220 g/mol. The first kappa shape index (κ1) is 8.64. The van der Waals surface area contributed by atoms with Crippen LogP contribution in [-0.4, -0.2) is 19.4 Å². The third-order valence-electron chi connectivity index (χ3n) is 2.93. The number of imidazole rings is 1. The Morgan fingerprint density at radius 1 is 1.00 bits per heavy atom. The molecule has 0 spiro atoms. The summed E-state index contributed by atoms with van der Waals surface area (Å²) in [7, 11) is 0. The molecule has 0 aliphatic carbocycles. The predicted octanol–water partition coefficient (Wildman–Crippen LogP) is 2.43. The number of para-hydroxylation sites is 2. The van der Waals surface area contributed by atoms with Gasteiger partial charge in [-0.1, -0.05) is 12.1 Å². The molecule has 17 heavy (non-hydrogen) atoms. The Balaban J connectivity index is 2.38. The van der Waals surface area contributed by atoms with Gasteiger partial charge in [0, 0.05) is 11.6 Å². The summed E-state index contributed by atoms with van der Waals surface area (Å²) in [5, 5.41) is 1.02. The van der Waals surface area contributed by atoms with Crippen molar-refractivity contribution in [3.05, 3.63) is 48.9 Å². The second kappa shape index (κ2) is 3.01. The number of pyridine rings is 1. The molecule has 4 heteroatoms. The van der Waals surface area contributed by atoms with E-state index in [0.29, 0.717) is 0 Å². The molecule has 0 radical (unpaired) electrons. The summed E-state index contributed by atoms with van der Waals surface area (Å²) in [5.41, 5.74) is 3.87. The van der Waals surface area contributed by atoms with E-state index in [-0.39, 0.29) is 0 Å². The van der Waals surface area contributed by atoms with Gasteiger partial charge >= 0.3 is 0 Å². The molecule has 3 heterocycles. The summed E-state index contributed by atoms with van der Waals surface area (Å²) >= 11 is 0. The molecule has 3 aromatic heterocycles. The molecular weight excluding hydrogens is 212 g/mol. The normalized spacial score (nSPS) is 11.5. The van der Waals surface area contributed by atoms with Gasteiger partial charge in [0.05, 0.1) is 11.0 Å². The Morgan fingerprint density at radius 2 is 1.94 bits per heavy atom. The van der Waals surface area contributed by atoms with Crippen molar-refractivity contribution in [1.29, 1.82) is 0 Å². The summed E-state index contributed by atoms with van der Waals surface area (Å²) in [6.45, 7) is 0. The number of hydrogen-bond donors (Lipinski definition) is 0. The second-order valence-corrected chi connectivity index (χ2v) is 3.93. The summed E-state index contributed by atoms with van der Waals surface area (Å²) < 4.78 is 2.06. The van der Waals surface area contributed by atoms with Crippen LogP contribution >= 0.6 is 0 Å². The second-order valence-electron chi connectivity index (χ2n) is 3.93. The van der Waals surface area contributed by atoms with Gasteiger partial charge < -0.3 is 0 Å². The first-order valence-electron chi connectivity index (χ1n) is 5.39. The Labute approximate surface area is 96.6 Å². The zero-order chi connectivity index (χ0) is 11.2. The van der Waals surface area contributed by atoms with Gasteiger partial charge in [-0.25, -0.2) is 15.0 Å². The Hall–Kier alpha value is -2.49. The van der Waals surface area contributed by atoms with Crippen LogP contribution in [0.2, 0.25) is 0 Å². The molecule has 0 unspecified atom stereocenters. The van der Waals surface area contributed by atoms with E-state index < -0.39 is 0 Å². The lowest BCUT2D eigenvalue weighted by Crippen LogP contribution is -1.91. The lowest BCUT2D eigenvalue weighted by atomic mass is 10.3. The van der Waals surface area contributed by atoms with Crippen molar-refractivity contribution in [3.8, 4) is 0 Å². The fraction of sp³-hybridized carbons (Fsp3) is 0. The lowest BCUT2D eigenvalue weighted by molar-refractivity contribution is 1.15. The van der Waals surface area contributed by atoms with Crippen LogP contribution in [0.3, 0.4) is 0 Å². The molecule has 0 atom stereocenters. The van der Waals surface area contributed by atoms with Crippen molar-refractivity contribution in [2.75, 3.05) is 0 Å². The summed E-state index contributed by atoms with van der Waals surface area (Å²) in [6.07, 6.45) is 3.38. The first-order valence-corrected chi connectivity index (χ1v) is 5.39. The Morgan fingerprint density at radius 3 is 2.94 bits per heavy atom. The minimum absolute atomic E-state index is 0.895.